The fraction of sp³-hybridized carbons (Fsp3) is 0.304. The largest absolute Gasteiger partial charge is 0.380 e. The first-order chi connectivity index (χ1) is 16.2. The van der Waals surface area contributed by atoms with Crippen molar-refractivity contribution in [2.75, 3.05) is 0 Å². The molecule has 12 heteroatoms. The topological polar surface area (TPSA) is 95.2 Å². The molecule has 0 amide bonds. The third kappa shape index (κ3) is 2.88. The zero-order chi connectivity index (χ0) is 26.2. The molecule has 0 aromatic rings. The van der Waals surface area contributed by atoms with E-state index >= 15 is 17.6 Å². The lowest BCUT2D eigenvalue weighted by molar-refractivity contribution is -0.258. The number of fused-ring (bicyclic) bond motifs is 4. The first kappa shape index (κ1) is 24.8. The smallest absolute Gasteiger partial charge is 0.194 e. The van der Waals surface area contributed by atoms with Gasteiger partial charge in [-0.05, 0) is 49.3 Å². The predicted octanol–water partition coefficient (Wildman–Crippen LogP) is 6.24. The number of halogens is 6. The van der Waals surface area contributed by atoms with Crippen LogP contribution in [0.25, 0.3) is 0 Å². The summed E-state index contributed by atoms with van der Waals surface area (Å²) in [7, 11) is 0. The summed E-state index contributed by atoms with van der Waals surface area (Å²) in [5.74, 6) is -16.2. The minimum absolute atomic E-state index is 0.0867. The lowest BCUT2D eigenvalue weighted by Gasteiger charge is -2.47. The van der Waals surface area contributed by atoms with Gasteiger partial charge in [0.1, 0.15) is 35.4 Å². The molecule has 0 spiro atoms. The number of hydrogen-bond acceptors (Lipinski definition) is 6. The molecule has 35 heavy (non-hydrogen) atoms. The summed E-state index contributed by atoms with van der Waals surface area (Å²) < 4.78 is 86.4. The number of thioether (sulfide) groups is 2. The average molecular weight is 520 g/mol. The third-order valence-electron chi connectivity index (χ3n) is 6.42. The summed E-state index contributed by atoms with van der Waals surface area (Å²) in [5, 5.41) is 36.2. The standard InChI is InChI=1S/C23H10F6N4S2/c1-19-15(5-13(34-19)3-11(7-30)8-31)17-18(22(26,27)23(28,29)21(17,24)25)16-6-14(35-20(16,19)2)4-12(9-32)10-33/h3-6H,1-2H3. The van der Waals surface area contributed by atoms with Crippen LogP contribution >= 0.6 is 23.5 Å². The van der Waals surface area contributed by atoms with E-state index in [1.54, 1.807) is 24.3 Å². The number of allylic oxidation sites excluding steroid dienone is 8. The van der Waals surface area contributed by atoms with Gasteiger partial charge in [0.25, 0.3) is 0 Å². The minimum atomic E-state index is -5.72. The molecular weight excluding hydrogens is 510 g/mol. The lowest BCUT2D eigenvalue weighted by Crippen LogP contribution is -2.48. The maximum Gasteiger partial charge on any atom is 0.380 e. The van der Waals surface area contributed by atoms with Crippen LogP contribution in [0.2, 0.25) is 0 Å². The van der Waals surface area contributed by atoms with Crippen LogP contribution in [-0.2, 0) is 0 Å². The molecule has 2 heterocycles. The maximum absolute atomic E-state index is 15.1. The fourth-order valence-corrected chi connectivity index (χ4v) is 7.62. The second-order valence-corrected chi connectivity index (χ2v) is 11.2. The van der Waals surface area contributed by atoms with E-state index in [-0.39, 0.29) is 9.81 Å². The van der Waals surface area contributed by atoms with Gasteiger partial charge in [0.15, 0.2) is 0 Å². The van der Waals surface area contributed by atoms with Crippen molar-refractivity contribution in [3.63, 3.8) is 0 Å². The van der Waals surface area contributed by atoms with Crippen LogP contribution in [0.15, 0.2) is 67.6 Å². The van der Waals surface area contributed by atoms with Crippen LogP contribution in [0.4, 0.5) is 26.3 Å². The Morgan fingerprint density at radius 3 is 1.29 bits per heavy atom. The Hall–Kier alpha value is -3.32. The van der Waals surface area contributed by atoms with Crippen LogP contribution in [0, 0.1) is 45.3 Å². The Morgan fingerprint density at radius 2 is 1.00 bits per heavy atom. The Bertz CT molecular complexity index is 1310. The highest BCUT2D eigenvalue weighted by Crippen LogP contribution is 2.74. The zero-order valence-corrected chi connectivity index (χ0v) is 19.3. The Morgan fingerprint density at radius 1 is 0.686 bits per heavy atom. The summed E-state index contributed by atoms with van der Waals surface area (Å²) >= 11 is 1.75. The molecule has 2 unspecified atom stereocenters. The van der Waals surface area contributed by atoms with Gasteiger partial charge in [-0.15, -0.1) is 23.5 Å². The highest BCUT2D eigenvalue weighted by Gasteiger charge is 2.84. The normalized spacial score (nSPS) is 30.4. The van der Waals surface area contributed by atoms with Gasteiger partial charge in [-0.1, -0.05) is 0 Å². The van der Waals surface area contributed by atoms with Crippen molar-refractivity contribution in [2.45, 2.75) is 41.1 Å². The van der Waals surface area contributed by atoms with Gasteiger partial charge >= 0.3 is 17.8 Å². The molecule has 2 aliphatic heterocycles. The second-order valence-electron chi connectivity index (χ2n) is 8.23. The molecule has 0 bridgehead atoms. The van der Waals surface area contributed by atoms with E-state index in [0.717, 1.165) is 47.8 Å². The summed E-state index contributed by atoms with van der Waals surface area (Å²) in [6.45, 7) is 2.86. The summed E-state index contributed by atoms with van der Waals surface area (Å²) in [5.41, 5.74) is -4.68. The van der Waals surface area contributed by atoms with Crippen LogP contribution < -0.4 is 0 Å². The summed E-state index contributed by atoms with van der Waals surface area (Å²) in [6.07, 6.45) is 4.22. The average Bonchev–Trinajstić information content (AvgIpc) is 3.34. The van der Waals surface area contributed by atoms with E-state index < -0.39 is 60.7 Å². The van der Waals surface area contributed by atoms with Gasteiger partial charge in [0, 0.05) is 21.0 Å². The van der Waals surface area contributed by atoms with Gasteiger partial charge in [-0.2, -0.15) is 47.4 Å². The summed E-state index contributed by atoms with van der Waals surface area (Å²) in [6, 6.07) is 6.42. The van der Waals surface area contributed by atoms with E-state index in [1.165, 1.54) is 13.8 Å². The van der Waals surface area contributed by atoms with E-state index in [4.69, 9.17) is 21.0 Å². The maximum atomic E-state index is 15.1. The monoisotopic (exact) mass is 520 g/mol. The molecule has 176 valence electrons. The molecule has 0 radical (unpaired) electrons. The molecule has 0 N–H and O–H groups in total. The van der Waals surface area contributed by atoms with Crippen LogP contribution in [-0.4, -0.2) is 27.3 Å². The molecule has 0 saturated heterocycles. The van der Waals surface area contributed by atoms with Gasteiger partial charge < -0.3 is 0 Å². The molecule has 0 aromatic carbocycles. The molecule has 2 aliphatic carbocycles. The molecule has 4 aliphatic rings. The van der Waals surface area contributed by atoms with E-state index in [2.05, 4.69) is 0 Å². The molecular formula is C23H10F6N4S2. The van der Waals surface area contributed by atoms with Gasteiger partial charge in [-0.3, -0.25) is 0 Å². The van der Waals surface area contributed by atoms with E-state index in [9.17, 15) is 8.78 Å². The Labute approximate surface area is 203 Å². The number of alkyl halides is 6. The zero-order valence-electron chi connectivity index (χ0n) is 17.7. The van der Waals surface area contributed by atoms with Gasteiger partial charge in [0.05, 0.1) is 9.49 Å². The van der Waals surface area contributed by atoms with Gasteiger partial charge in [0.2, 0.25) is 0 Å². The third-order valence-corrected chi connectivity index (χ3v) is 9.56. The first-order valence-electron chi connectivity index (χ1n) is 9.65. The van der Waals surface area contributed by atoms with Crippen LogP contribution in [0.3, 0.4) is 0 Å². The van der Waals surface area contributed by atoms with Crippen molar-refractivity contribution in [1.29, 1.82) is 21.0 Å². The van der Waals surface area contributed by atoms with Crippen LogP contribution in [0.5, 0.6) is 0 Å². The molecule has 4 nitrogen and oxygen atoms in total. The molecule has 1 fully saturated rings. The lowest BCUT2D eigenvalue weighted by atomic mass is 9.71. The second kappa shape index (κ2) is 7.34. The quantitative estimate of drug-likeness (QED) is 0.316. The van der Waals surface area contributed by atoms with Gasteiger partial charge in [-0.25, -0.2) is 0 Å². The molecule has 1 saturated carbocycles. The van der Waals surface area contributed by atoms with E-state index in [1.807, 2.05) is 0 Å². The van der Waals surface area contributed by atoms with Crippen molar-refractivity contribution in [1.82, 2.24) is 0 Å². The number of nitrogens with zero attached hydrogens (tertiary/aromatic N) is 4. The van der Waals surface area contributed by atoms with Crippen molar-refractivity contribution in [3.05, 3.63) is 67.6 Å². The number of rotatable bonds is 2. The SMILES string of the molecule is CC12SC(C=C(C#N)C#N)=CC1=C1C(=C3C=C(C=C(C#N)C#N)SC32C)C(F)(F)C(F)(F)C1(F)F. The highest BCUT2D eigenvalue weighted by molar-refractivity contribution is 8.09. The Kier molecular flexibility index (Phi) is 5.20. The molecule has 0 aromatic heterocycles. The van der Waals surface area contributed by atoms with Crippen molar-refractivity contribution < 1.29 is 26.3 Å². The number of nitriles is 4. The Balaban J connectivity index is 2.10. The minimum Gasteiger partial charge on any atom is -0.194 e. The highest BCUT2D eigenvalue weighted by atomic mass is 32.2. The fourth-order valence-electron chi connectivity index (χ4n) is 4.57. The van der Waals surface area contributed by atoms with Crippen molar-refractivity contribution in [2.24, 2.45) is 0 Å². The first-order valence-corrected chi connectivity index (χ1v) is 11.3. The van der Waals surface area contributed by atoms with E-state index in [0.29, 0.717) is 0 Å². The molecule has 4 rings (SSSR count). The van der Waals surface area contributed by atoms with Crippen molar-refractivity contribution in [3.8, 4) is 24.3 Å². The number of hydrogen-bond donors (Lipinski definition) is 0. The van der Waals surface area contributed by atoms with Crippen molar-refractivity contribution >= 4 is 23.5 Å². The molecule has 2 atom stereocenters. The predicted molar refractivity (Wildman–Crippen MR) is 116 cm³/mol. The van der Waals surface area contributed by atoms with Crippen LogP contribution in [0.1, 0.15) is 13.8 Å². The summed E-state index contributed by atoms with van der Waals surface area (Å²) in [4.78, 5) is 0.173.